The third kappa shape index (κ3) is 4.94. The summed E-state index contributed by atoms with van der Waals surface area (Å²) in [4.78, 5) is 11.0. The number of hydrogen-bond acceptors (Lipinski definition) is 3. The molecule has 0 aliphatic heterocycles. The molecule has 2 N–H and O–H groups in total. The van der Waals surface area contributed by atoms with Crippen molar-refractivity contribution in [3.8, 4) is 0 Å². The lowest BCUT2D eigenvalue weighted by Gasteiger charge is -2.21. The van der Waals surface area contributed by atoms with E-state index in [1.807, 2.05) is 0 Å². The number of benzene rings is 2. The smallest absolute Gasteiger partial charge is 0.252 e. The monoisotopic (exact) mass is 372 g/mol. The summed E-state index contributed by atoms with van der Waals surface area (Å²) in [6.45, 7) is 0. The average molecular weight is 373 g/mol. The lowest BCUT2D eigenvalue weighted by Crippen LogP contribution is -2.51. The fourth-order valence-electron chi connectivity index (χ4n) is 1.79. The summed E-state index contributed by atoms with van der Waals surface area (Å²) >= 11 is 11.6. The molecule has 0 radical (unpaired) electrons. The molecule has 2 aromatic rings. The zero-order valence-electron chi connectivity index (χ0n) is 11.8. The lowest BCUT2D eigenvalue weighted by molar-refractivity contribution is 0.0937. The summed E-state index contributed by atoms with van der Waals surface area (Å²) in [5, 5.41) is 2.47. The summed E-state index contributed by atoms with van der Waals surface area (Å²) in [5.41, 5.74) is 0.366. The standard InChI is InChI=1S/C15H14Cl2N2O3S/c16-13(17)14(18-15(20)11-7-3-1-4-8-11)19-23(21,22)12-9-5-2-6-10-12/h1-10,13-14,19H,(H,18,20). The van der Waals surface area contributed by atoms with E-state index >= 15 is 0 Å². The molecule has 2 aromatic carbocycles. The molecule has 0 heterocycles. The number of carbonyl (C=O) groups is 1. The molecule has 122 valence electrons. The van der Waals surface area contributed by atoms with Gasteiger partial charge in [-0.25, -0.2) is 8.42 Å². The Morgan fingerprint density at radius 3 is 1.96 bits per heavy atom. The molecule has 0 saturated heterocycles. The summed E-state index contributed by atoms with van der Waals surface area (Å²) in [6.07, 6.45) is -1.17. The third-order valence-electron chi connectivity index (χ3n) is 2.91. The Hall–Kier alpha value is -1.60. The van der Waals surface area contributed by atoms with Gasteiger partial charge in [0.05, 0.1) is 4.90 Å². The first-order chi connectivity index (χ1) is 10.9. The van der Waals surface area contributed by atoms with Crippen LogP contribution < -0.4 is 10.0 Å². The van der Waals surface area contributed by atoms with Gasteiger partial charge in [-0.1, -0.05) is 36.4 Å². The van der Waals surface area contributed by atoms with Gasteiger partial charge >= 0.3 is 0 Å². The fourth-order valence-corrected chi connectivity index (χ4v) is 3.38. The van der Waals surface area contributed by atoms with Crippen molar-refractivity contribution in [2.45, 2.75) is 15.9 Å². The molecule has 0 aliphatic carbocycles. The maximum atomic E-state index is 12.3. The summed E-state index contributed by atoms with van der Waals surface area (Å²) < 4.78 is 26.9. The van der Waals surface area contributed by atoms with Crippen LogP contribution in [0.5, 0.6) is 0 Å². The van der Waals surface area contributed by atoms with E-state index in [0.717, 1.165) is 0 Å². The van der Waals surface area contributed by atoms with Crippen LogP contribution in [0, 0.1) is 0 Å². The minimum absolute atomic E-state index is 0.0490. The van der Waals surface area contributed by atoms with E-state index in [2.05, 4.69) is 10.0 Å². The molecule has 2 rings (SSSR count). The molecule has 0 fully saturated rings. The summed E-state index contributed by atoms with van der Waals surface area (Å²) in [7, 11) is -3.87. The molecular formula is C15H14Cl2N2O3S. The van der Waals surface area contributed by atoms with Crippen molar-refractivity contribution >= 4 is 39.1 Å². The number of alkyl halides is 2. The number of sulfonamides is 1. The summed E-state index contributed by atoms with van der Waals surface area (Å²) in [5.74, 6) is -0.488. The van der Waals surface area contributed by atoms with Gasteiger partial charge in [-0.2, -0.15) is 4.72 Å². The van der Waals surface area contributed by atoms with Crippen LogP contribution in [0.25, 0.3) is 0 Å². The number of nitrogens with one attached hydrogen (secondary N) is 2. The maximum Gasteiger partial charge on any atom is 0.252 e. The van der Waals surface area contributed by atoms with E-state index in [1.165, 1.54) is 12.1 Å². The van der Waals surface area contributed by atoms with Crippen LogP contribution in [-0.4, -0.2) is 25.3 Å². The van der Waals surface area contributed by atoms with Gasteiger partial charge in [0.15, 0.2) is 0 Å². The van der Waals surface area contributed by atoms with Crippen LogP contribution >= 0.6 is 23.2 Å². The third-order valence-corrected chi connectivity index (χ3v) is 4.87. The minimum atomic E-state index is -3.87. The Bertz CT molecular complexity index is 753. The molecule has 8 heteroatoms. The van der Waals surface area contributed by atoms with Gasteiger partial charge in [-0.15, -0.1) is 23.2 Å². The van der Waals surface area contributed by atoms with Crippen LogP contribution in [0.3, 0.4) is 0 Å². The fraction of sp³-hybridized carbons (Fsp3) is 0.133. The minimum Gasteiger partial charge on any atom is -0.333 e. The molecule has 0 aromatic heterocycles. The molecule has 0 aliphatic rings. The first-order valence-electron chi connectivity index (χ1n) is 6.61. The van der Waals surface area contributed by atoms with Gasteiger partial charge < -0.3 is 5.32 Å². The van der Waals surface area contributed by atoms with Crippen LogP contribution in [0.4, 0.5) is 0 Å². The van der Waals surface area contributed by atoms with Crippen molar-refractivity contribution in [1.82, 2.24) is 10.0 Å². The van der Waals surface area contributed by atoms with Crippen LogP contribution in [-0.2, 0) is 10.0 Å². The van der Waals surface area contributed by atoms with Crippen molar-refractivity contribution in [2.75, 3.05) is 0 Å². The normalized spacial score (nSPS) is 12.8. The van der Waals surface area contributed by atoms with E-state index in [0.29, 0.717) is 5.56 Å². The average Bonchev–Trinajstić information content (AvgIpc) is 2.55. The van der Waals surface area contributed by atoms with Crippen LogP contribution in [0.1, 0.15) is 10.4 Å². The Morgan fingerprint density at radius 2 is 1.43 bits per heavy atom. The van der Waals surface area contributed by atoms with E-state index in [4.69, 9.17) is 23.2 Å². The number of carbonyl (C=O) groups excluding carboxylic acids is 1. The first kappa shape index (κ1) is 17.7. The first-order valence-corrected chi connectivity index (χ1v) is 8.97. The Morgan fingerprint density at radius 1 is 0.913 bits per heavy atom. The highest BCUT2D eigenvalue weighted by atomic mass is 35.5. The molecule has 0 saturated carbocycles. The zero-order valence-corrected chi connectivity index (χ0v) is 14.1. The molecule has 0 bridgehead atoms. The highest BCUT2D eigenvalue weighted by Crippen LogP contribution is 2.13. The van der Waals surface area contributed by atoms with Gasteiger partial charge in [-0.3, -0.25) is 4.79 Å². The van der Waals surface area contributed by atoms with Gasteiger partial charge in [-0.05, 0) is 24.3 Å². The topological polar surface area (TPSA) is 75.3 Å². The maximum absolute atomic E-state index is 12.3. The molecule has 1 atom stereocenters. The number of amides is 1. The zero-order chi connectivity index (χ0) is 16.9. The van der Waals surface area contributed by atoms with Crippen molar-refractivity contribution < 1.29 is 13.2 Å². The Kier molecular flexibility index (Phi) is 6.01. The second kappa shape index (κ2) is 7.79. The van der Waals surface area contributed by atoms with E-state index < -0.39 is 26.9 Å². The van der Waals surface area contributed by atoms with Crippen molar-refractivity contribution in [3.63, 3.8) is 0 Å². The highest BCUT2D eigenvalue weighted by Gasteiger charge is 2.26. The molecule has 1 unspecified atom stereocenters. The Labute approximate surface area is 144 Å². The van der Waals surface area contributed by atoms with Crippen LogP contribution in [0.2, 0.25) is 0 Å². The van der Waals surface area contributed by atoms with Gasteiger partial charge in [0, 0.05) is 5.56 Å². The molecule has 0 spiro atoms. The second-order valence-electron chi connectivity index (χ2n) is 4.59. The van der Waals surface area contributed by atoms with Gasteiger partial charge in [0.25, 0.3) is 5.91 Å². The molecule has 1 amide bonds. The van der Waals surface area contributed by atoms with E-state index in [-0.39, 0.29) is 4.90 Å². The highest BCUT2D eigenvalue weighted by molar-refractivity contribution is 7.89. The van der Waals surface area contributed by atoms with Crippen molar-refractivity contribution in [1.29, 1.82) is 0 Å². The second-order valence-corrected chi connectivity index (χ2v) is 7.46. The van der Waals surface area contributed by atoms with Crippen LogP contribution in [0.15, 0.2) is 65.6 Å². The predicted molar refractivity (Wildman–Crippen MR) is 90.0 cm³/mol. The van der Waals surface area contributed by atoms with Gasteiger partial charge in [0.2, 0.25) is 10.0 Å². The van der Waals surface area contributed by atoms with E-state index in [9.17, 15) is 13.2 Å². The molecule has 23 heavy (non-hydrogen) atoms. The lowest BCUT2D eigenvalue weighted by atomic mass is 10.2. The number of halogens is 2. The Balaban J connectivity index is 2.15. The summed E-state index contributed by atoms with van der Waals surface area (Å²) in [6, 6.07) is 16.1. The number of rotatable bonds is 6. The van der Waals surface area contributed by atoms with E-state index in [1.54, 1.807) is 48.5 Å². The molecular weight excluding hydrogens is 359 g/mol. The SMILES string of the molecule is O=C(NC(NS(=O)(=O)c1ccccc1)C(Cl)Cl)c1ccccc1. The number of hydrogen-bond donors (Lipinski definition) is 2. The van der Waals surface area contributed by atoms with Gasteiger partial charge in [0.1, 0.15) is 11.0 Å². The van der Waals surface area contributed by atoms with Crippen molar-refractivity contribution in [3.05, 3.63) is 66.2 Å². The molecule has 5 nitrogen and oxygen atoms in total. The predicted octanol–water partition coefficient (Wildman–Crippen LogP) is 2.52. The largest absolute Gasteiger partial charge is 0.333 e. The quantitative estimate of drug-likeness (QED) is 0.604. The van der Waals surface area contributed by atoms with Crippen molar-refractivity contribution in [2.24, 2.45) is 0 Å².